The number of nitrogens with zero attached hydrogens (tertiary/aromatic N) is 2. The van der Waals surface area contributed by atoms with Crippen molar-refractivity contribution in [3.8, 4) is 11.5 Å². The van der Waals surface area contributed by atoms with E-state index in [1.807, 2.05) is 12.1 Å². The second-order valence-corrected chi connectivity index (χ2v) is 7.68. The topological polar surface area (TPSA) is 69.1 Å². The van der Waals surface area contributed by atoms with Crippen molar-refractivity contribution in [2.24, 2.45) is 4.99 Å². The lowest BCUT2D eigenvalue weighted by atomic mass is 10.0. The van der Waals surface area contributed by atoms with Crippen LogP contribution in [0.4, 0.5) is 0 Å². The zero-order chi connectivity index (χ0) is 21.2. The van der Waals surface area contributed by atoms with E-state index >= 15 is 0 Å². The van der Waals surface area contributed by atoms with E-state index in [0.29, 0.717) is 24.8 Å². The van der Waals surface area contributed by atoms with Gasteiger partial charge in [0.15, 0.2) is 17.5 Å². The van der Waals surface area contributed by atoms with Crippen molar-refractivity contribution in [1.82, 2.24) is 15.5 Å². The van der Waals surface area contributed by atoms with E-state index in [4.69, 9.17) is 9.73 Å². The number of aromatic hydroxyl groups is 1. The van der Waals surface area contributed by atoms with Crippen LogP contribution < -0.4 is 15.4 Å². The molecular weight excluding hydrogens is 503 g/mol. The number of rotatable bonds is 8. The first-order valence-corrected chi connectivity index (χ1v) is 10.9. The molecule has 0 saturated carbocycles. The third kappa shape index (κ3) is 7.88. The lowest BCUT2D eigenvalue weighted by Crippen LogP contribution is -2.51. The number of aliphatic imine (C=N–C) groups is 1. The highest BCUT2D eigenvalue weighted by Crippen LogP contribution is 2.29. The molecule has 3 N–H and O–H groups in total. The summed E-state index contributed by atoms with van der Waals surface area (Å²) in [4.78, 5) is 7.24. The maximum absolute atomic E-state index is 10.3. The molecule has 0 radical (unpaired) electrons. The normalized spacial score (nSPS) is 17.0. The van der Waals surface area contributed by atoms with Gasteiger partial charge in [-0.2, -0.15) is 0 Å². The predicted octanol–water partition coefficient (Wildman–Crippen LogP) is 3.78. The van der Waals surface area contributed by atoms with Gasteiger partial charge in [0.05, 0.1) is 7.11 Å². The van der Waals surface area contributed by atoms with Crippen molar-refractivity contribution in [1.29, 1.82) is 0 Å². The summed E-state index contributed by atoms with van der Waals surface area (Å²) in [6, 6.07) is 16.6. The fourth-order valence-electron chi connectivity index (χ4n) is 3.89. The second-order valence-electron chi connectivity index (χ2n) is 7.68. The molecule has 31 heavy (non-hydrogen) atoms. The molecule has 0 amide bonds. The van der Waals surface area contributed by atoms with Gasteiger partial charge < -0.3 is 20.5 Å². The lowest BCUT2D eigenvalue weighted by Gasteiger charge is -2.34. The number of halogens is 1. The first-order valence-electron chi connectivity index (χ1n) is 10.9. The number of hydrogen-bond acceptors (Lipinski definition) is 4. The van der Waals surface area contributed by atoms with Crippen LogP contribution in [0, 0.1) is 0 Å². The number of hydrogen-bond donors (Lipinski definition) is 3. The zero-order valence-corrected chi connectivity index (χ0v) is 20.8. The number of ether oxygens (including phenoxy) is 1. The predicted molar refractivity (Wildman–Crippen MR) is 138 cm³/mol. The average molecular weight is 538 g/mol. The Hall–Kier alpha value is -2.00. The summed E-state index contributed by atoms with van der Waals surface area (Å²) in [7, 11) is 1.56. The van der Waals surface area contributed by atoms with Crippen LogP contribution in [0.1, 0.15) is 30.9 Å². The van der Waals surface area contributed by atoms with Crippen molar-refractivity contribution in [2.45, 2.75) is 38.8 Å². The summed E-state index contributed by atoms with van der Waals surface area (Å²) < 4.78 is 5.19. The van der Waals surface area contributed by atoms with Crippen molar-refractivity contribution in [3.05, 3.63) is 59.7 Å². The summed E-state index contributed by atoms with van der Waals surface area (Å²) in [5, 5.41) is 17.2. The van der Waals surface area contributed by atoms with Crippen molar-refractivity contribution in [2.75, 3.05) is 33.3 Å². The second kappa shape index (κ2) is 13.4. The Bertz CT molecular complexity index is 816. The number of methoxy groups -OCH3 is 1. The maximum Gasteiger partial charge on any atom is 0.191 e. The molecule has 1 heterocycles. The van der Waals surface area contributed by atoms with Crippen molar-refractivity contribution < 1.29 is 9.84 Å². The molecule has 7 heteroatoms. The summed E-state index contributed by atoms with van der Waals surface area (Å²) in [5.74, 6) is 1.55. The molecule has 0 aromatic heterocycles. The van der Waals surface area contributed by atoms with E-state index in [9.17, 15) is 5.11 Å². The molecular formula is C24H35IN4O2. The number of likely N-dealkylation sites (tertiary alicyclic amines) is 1. The van der Waals surface area contributed by atoms with Crippen LogP contribution in [0.3, 0.4) is 0 Å². The molecule has 6 nitrogen and oxygen atoms in total. The standard InChI is InChI=1S/C24H34N4O2.HI/c1-3-25-24(26-15-14-20-11-7-13-22(30-2)23(20)29)27-21-12-8-16-28(18-21)17-19-9-5-4-6-10-19;/h4-7,9-11,13,21,29H,3,8,12,14-18H2,1-2H3,(H2,25,26,27);1H. The molecule has 2 aromatic carbocycles. The number of piperidine rings is 1. The van der Waals surface area contributed by atoms with Crippen LogP contribution in [0.2, 0.25) is 0 Å². The van der Waals surface area contributed by atoms with Gasteiger partial charge in [0.25, 0.3) is 0 Å². The van der Waals surface area contributed by atoms with E-state index in [1.165, 1.54) is 12.0 Å². The molecule has 1 aliphatic heterocycles. The first kappa shape index (κ1) is 25.3. The highest BCUT2D eigenvalue weighted by atomic mass is 127. The van der Waals surface area contributed by atoms with E-state index in [0.717, 1.165) is 44.1 Å². The SMILES string of the molecule is CCNC(=NCCc1cccc(OC)c1O)NC1CCCN(Cc2ccccc2)C1.I. The average Bonchev–Trinajstić information content (AvgIpc) is 2.76. The van der Waals surface area contributed by atoms with Crippen LogP contribution in [0.25, 0.3) is 0 Å². The molecule has 1 saturated heterocycles. The van der Waals surface area contributed by atoms with Crippen LogP contribution in [0.5, 0.6) is 11.5 Å². The number of phenols is 1. The van der Waals surface area contributed by atoms with Crippen LogP contribution in [-0.2, 0) is 13.0 Å². The van der Waals surface area contributed by atoms with Crippen LogP contribution in [-0.4, -0.2) is 55.3 Å². The van der Waals surface area contributed by atoms with Crippen LogP contribution in [0.15, 0.2) is 53.5 Å². The molecule has 1 aliphatic rings. The Labute approximate surface area is 203 Å². The third-order valence-corrected chi connectivity index (χ3v) is 5.39. The number of para-hydroxylation sites is 1. The van der Waals surface area contributed by atoms with Gasteiger partial charge in [-0.25, -0.2) is 0 Å². The summed E-state index contributed by atoms with van der Waals surface area (Å²) in [6.07, 6.45) is 2.98. The quantitative estimate of drug-likeness (QED) is 0.271. The van der Waals surface area contributed by atoms with Crippen molar-refractivity contribution >= 4 is 29.9 Å². The molecule has 0 aliphatic carbocycles. The molecule has 0 bridgehead atoms. The highest BCUT2D eigenvalue weighted by molar-refractivity contribution is 14.0. The van der Waals surface area contributed by atoms with Gasteiger partial charge in [0, 0.05) is 32.2 Å². The number of nitrogens with one attached hydrogen (secondary N) is 2. The van der Waals surface area contributed by atoms with Gasteiger partial charge in [-0.1, -0.05) is 42.5 Å². The molecule has 2 aromatic rings. The van der Waals surface area contributed by atoms with E-state index in [-0.39, 0.29) is 29.7 Å². The monoisotopic (exact) mass is 538 g/mol. The Morgan fingerprint density at radius 3 is 2.74 bits per heavy atom. The number of phenolic OH excluding ortho intramolecular Hbond substituents is 1. The molecule has 1 atom stereocenters. The zero-order valence-electron chi connectivity index (χ0n) is 18.5. The van der Waals surface area contributed by atoms with Crippen LogP contribution >= 0.6 is 24.0 Å². The van der Waals surface area contributed by atoms with E-state index in [1.54, 1.807) is 13.2 Å². The van der Waals surface area contributed by atoms with E-state index in [2.05, 4.69) is 52.8 Å². The van der Waals surface area contributed by atoms with E-state index < -0.39 is 0 Å². The Morgan fingerprint density at radius 1 is 1.19 bits per heavy atom. The summed E-state index contributed by atoms with van der Waals surface area (Å²) >= 11 is 0. The molecule has 0 spiro atoms. The molecule has 1 unspecified atom stereocenters. The van der Waals surface area contributed by atoms with Gasteiger partial charge in [-0.3, -0.25) is 9.89 Å². The van der Waals surface area contributed by atoms with Gasteiger partial charge in [0.2, 0.25) is 0 Å². The minimum Gasteiger partial charge on any atom is -0.504 e. The molecule has 1 fully saturated rings. The molecule has 3 rings (SSSR count). The fourth-order valence-corrected chi connectivity index (χ4v) is 3.89. The smallest absolute Gasteiger partial charge is 0.191 e. The lowest BCUT2D eigenvalue weighted by molar-refractivity contribution is 0.192. The minimum absolute atomic E-state index is 0. The minimum atomic E-state index is 0. The third-order valence-electron chi connectivity index (χ3n) is 5.39. The Kier molecular flexibility index (Phi) is 10.9. The maximum atomic E-state index is 10.3. The first-order chi connectivity index (χ1) is 14.7. The van der Waals surface area contributed by atoms with Gasteiger partial charge >= 0.3 is 0 Å². The van der Waals surface area contributed by atoms with Crippen molar-refractivity contribution in [3.63, 3.8) is 0 Å². The Morgan fingerprint density at radius 2 is 2.00 bits per heavy atom. The van der Waals surface area contributed by atoms with Gasteiger partial charge in [0.1, 0.15) is 0 Å². The fraction of sp³-hybridized carbons (Fsp3) is 0.458. The van der Waals surface area contributed by atoms with Gasteiger partial charge in [-0.15, -0.1) is 24.0 Å². The Balaban J connectivity index is 0.00000341. The highest BCUT2D eigenvalue weighted by Gasteiger charge is 2.20. The largest absolute Gasteiger partial charge is 0.504 e. The number of benzene rings is 2. The molecule has 170 valence electrons. The summed E-state index contributed by atoms with van der Waals surface area (Å²) in [6.45, 7) is 6.62. The number of guanidine groups is 1. The van der Waals surface area contributed by atoms with Gasteiger partial charge in [-0.05, 0) is 49.9 Å². The summed E-state index contributed by atoms with van der Waals surface area (Å²) in [5.41, 5.74) is 2.21.